The van der Waals surface area contributed by atoms with Gasteiger partial charge in [0.25, 0.3) is 0 Å². The summed E-state index contributed by atoms with van der Waals surface area (Å²) in [5, 5.41) is 9.28. The highest BCUT2D eigenvalue weighted by Crippen LogP contribution is 2.30. The van der Waals surface area contributed by atoms with E-state index in [-0.39, 0.29) is 23.9 Å². The van der Waals surface area contributed by atoms with E-state index in [2.05, 4.69) is 30.3 Å². The van der Waals surface area contributed by atoms with Gasteiger partial charge < -0.3 is 9.80 Å². The number of likely N-dealkylation sites (tertiary alicyclic amines) is 2. The van der Waals surface area contributed by atoms with Crippen molar-refractivity contribution in [1.82, 2.24) is 9.80 Å². The van der Waals surface area contributed by atoms with Gasteiger partial charge in [0.2, 0.25) is 11.8 Å². The molecule has 0 radical (unpaired) electrons. The molecule has 2 aliphatic heterocycles. The van der Waals surface area contributed by atoms with E-state index >= 15 is 0 Å². The topological polar surface area (TPSA) is 64.4 Å². The van der Waals surface area contributed by atoms with E-state index in [1.54, 1.807) is 9.80 Å². The van der Waals surface area contributed by atoms with Gasteiger partial charge in [0, 0.05) is 19.5 Å². The number of nitriles is 1. The van der Waals surface area contributed by atoms with Gasteiger partial charge in [0.15, 0.2) is 0 Å². The summed E-state index contributed by atoms with van der Waals surface area (Å²) in [6.07, 6.45) is 7.98. The molecule has 5 heteroatoms. The molecule has 1 aromatic carbocycles. The number of aryl methyl sites for hydroxylation is 1. The predicted octanol–water partition coefficient (Wildman–Crippen LogP) is 3.08. The van der Waals surface area contributed by atoms with Crippen molar-refractivity contribution in [2.45, 2.75) is 69.9 Å². The first-order valence-corrected chi connectivity index (χ1v) is 10.7. The summed E-state index contributed by atoms with van der Waals surface area (Å²) >= 11 is 0. The van der Waals surface area contributed by atoms with Crippen molar-refractivity contribution < 1.29 is 9.59 Å². The number of nitrogens with zero attached hydrogens (tertiary/aromatic N) is 3. The van der Waals surface area contributed by atoms with Crippen molar-refractivity contribution in [3.8, 4) is 6.07 Å². The van der Waals surface area contributed by atoms with E-state index in [1.807, 2.05) is 0 Å². The Kier molecular flexibility index (Phi) is 5.66. The average molecular weight is 380 g/mol. The molecule has 0 saturated carbocycles. The maximum Gasteiger partial charge on any atom is 0.246 e. The van der Waals surface area contributed by atoms with Crippen molar-refractivity contribution in [2.75, 3.05) is 13.1 Å². The Bertz CT molecular complexity index is 784. The summed E-state index contributed by atoms with van der Waals surface area (Å²) in [6.45, 7) is 1.32. The lowest BCUT2D eigenvalue weighted by Gasteiger charge is -2.30. The Morgan fingerprint density at radius 1 is 1.04 bits per heavy atom. The maximum atomic E-state index is 13.0. The van der Waals surface area contributed by atoms with Crippen LogP contribution in [0.1, 0.15) is 56.1 Å². The Hall–Kier alpha value is -2.35. The summed E-state index contributed by atoms with van der Waals surface area (Å²) in [4.78, 5) is 29.4. The van der Waals surface area contributed by atoms with Crippen molar-refractivity contribution >= 4 is 11.8 Å². The van der Waals surface area contributed by atoms with Crippen LogP contribution in [0.25, 0.3) is 0 Å². The van der Waals surface area contributed by atoms with Gasteiger partial charge in [0.05, 0.1) is 6.07 Å². The van der Waals surface area contributed by atoms with Crippen LogP contribution in [0, 0.1) is 17.2 Å². The molecule has 2 fully saturated rings. The molecule has 28 heavy (non-hydrogen) atoms. The van der Waals surface area contributed by atoms with Gasteiger partial charge in [-0.1, -0.05) is 24.3 Å². The highest BCUT2D eigenvalue weighted by atomic mass is 16.2. The second-order valence-corrected chi connectivity index (χ2v) is 8.48. The highest BCUT2D eigenvalue weighted by Gasteiger charge is 2.40. The molecule has 3 aliphatic rings. The molecule has 2 saturated heterocycles. The molecule has 5 nitrogen and oxygen atoms in total. The van der Waals surface area contributed by atoms with Crippen LogP contribution in [-0.2, 0) is 22.4 Å². The van der Waals surface area contributed by atoms with E-state index < -0.39 is 0 Å². The Labute approximate surface area is 167 Å². The first-order valence-electron chi connectivity index (χ1n) is 10.7. The molecule has 148 valence electrons. The van der Waals surface area contributed by atoms with Gasteiger partial charge in [-0.05, 0) is 68.4 Å². The molecule has 0 aromatic heterocycles. The number of benzene rings is 1. The fourth-order valence-corrected chi connectivity index (χ4v) is 5.17. The third-order valence-corrected chi connectivity index (χ3v) is 6.76. The van der Waals surface area contributed by atoms with Crippen LogP contribution < -0.4 is 0 Å². The zero-order chi connectivity index (χ0) is 19.5. The highest BCUT2D eigenvalue weighted by molar-refractivity contribution is 5.88. The molecule has 4 rings (SSSR count). The smallest absolute Gasteiger partial charge is 0.246 e. The first kappa shape index (κ1) is 19.0. The van der Waals surface area contributed by atoms with Crippen molar-refractivity contribution in [3.63, 3.8) is 0 Å². The molecule has 0 bridgehead atoms. The Morgan fingerprint density at radius 3 is 2.61 bits per heavy atom. The summed E-state index contributed by atoms with van der Waals surface area (Å²) < 4.78 is 0. The number of hydrogen-bond acceptors (Lipinski definition) is 3. The summed E-state index contributed by atoms with van der Waals surface area (Å²) in [6, 6.07) is 10.2. The molecule has 2 heterocycles. The van der Waals surface area contributed by atoms with Gasteiger partial charge in [-0.15, -0.1) is 0 Å². The Balaban J connectivity index is 1.33. The molecule has 3 atom stereocenters. The quantitative estimate of drug-likeness (QED) is 0.808. The zero-order valence-corrected chi connectivity index (χ0v) is 16.5. The van der Waals surface area contributed by atoms with Crippen LogP contribution in [0.3, 0.4) is 0 Å². The van der Waals surface area contributed by atoms with Gasteiger partial charge in [-0.25, -0.2) is 0 Å². The van der Waals surface area contributed by atoms with Crippen molar-refractivity contribution in [2.24, 2.45) is 5.92 Å². The van der Waals surface area contributed by atoms with Gasteiger partial charge >= 0.3 is 0 Å². The standard InChI is InChI=1S/C23H29N3O2/c24-16-20-7-3-13-25(20)23(28)21-8-4-14-26(21)22(27)12-10-17-9-11-18-5-1-2-6-19(18)15-17/h1-2,5-6,17,20-21H,3-4,7-15H2/t17-,20-,21+/m0/s1. The lowest BCUT2D eigenvalue weighted by Crippen LogP contribution is -2.49. The van der Waals surface area contributed by atoms with Gasteiger partial charge in [-0.2, -0.15) is 5.26 Å². The van der Waals surface area contributed by atoms with E-state index in [1.165, 1.54) is 11.1 Å². The summed E-state index contributed by atoms with van der Waals surface area (Å²) in [5.41, 5.74) is 2.88. The second-order valence-electron chi connectivity index (χ2n) is 8.48. The van der Waals surface area contributed by atoms with Crippen LogP contribution >= 0.6 is 0 Å². The SMILES string of the molecule is N#C[C@@H]1CCCN1C(=O)[C@H]1CCCN1C(=O)CC[C@@H]1CCc2ccccc2C1. The number of fused-ring (bicyclic) bond motifs is 1. The Morgan fingerprint density at radius 2 is 1.79 bits per heavy atom. The minimum Gasteiger partial charge on any atom is -0.331 e. The molecule has 0 spiro atoms. The molecule has 0 unspecified atom stereocenters. The van der Waals surface area contributed by atoms with E-state index in [9.17, 15) is 14.9 Å². The van der Waals surface area contributed by atoms with E-state index in [0.717, 1.165) is 51.4 Å². The molecular formula is C23H29N3O2. The monoisotopic (exact) mass is 379 g/mol. The molecule has 2 amide bonds. The van der Waals surface area contributed by atoms with Gasteiger partial charge in [0.1, 0.15) is 12.1 Å². The minimum atomic E-state index is -0.353. The number of hydrogen-bond donors (Lipinski definition) is 0. The van der Waals surface area contributed by atoms with Crippen LogP contribution in [-0.4, -0.2) is 46.8 Å². The third-order valence-electron chi connectivity index (χ3n) is 6.76. The minimum absolute atomic E-state index is 0.0125. The molecule has 0 N–H and O–H groups in total. The average Bonchev–Trinajstić information content (AvgIpc) is 3.40. The van der Waals surface area contributed by atoms with Crippen molar-refractivity contribution in [1.29, 1.82) is 5.26 Å². The third kappa shape index (κ3) is 3.78. The lowest BCUT2D eigenvalue weighted by atomic mass is 9.81. The fraction of sp³-hybridized carbons (Fsp3) is 0.609. The molecular weight excluding hydrogens is 350 g/mol. The van der Waals surface area contributed by atoms with E-state index in [0.29, 0.717) is 25.4 Å². The van der Waals surface area contributed by atoms with Crippen LogP contribution in [0.4, 0.5) is 0 Å². The largest absolute Gasteiger partial charge is 0.331 e. The number of carbonyl (C=O) groups is 2. The van der Waals surface area contributed by atoms with E-state index in [4.69, 9.17) is 0 Å². The number of amides is 2. The second kappa shape index (κ2) is 8.34. The maximum absolute atomic E-state index is 13.0. The molecule has 1 aromatic rings. The summed E-state index contributed by atoms with van der Waals surface area (Å²) in [5.74, 6) is 0.654. The van der Waals surface area contributed by atoms with Crippen LogP contribution in [0.5, 0.6) is 0 Å². The predicted molar refractivity (Wildman–Crippen MR) is 106 cm³/mol. The zero-order valence-electron chi connectivity index (χ0n) is 16.5. The van der Waals surface area contributed by atoms with Crippen molar-refractivity contribution in [3.05, 3.63) is 35.4 Å². The number of rotatable bonds is 4. The first-order chi connectivity index (χ1) is 13.7. The van der Waals surface area contributed by atoms with Gasteiger partial charge in [-0.3, -0.25) is 9.59 Å². The normalized spacial score (nSPS) is 26.8. The van der Waals surface area contributed by atoms with Crippen LogP contribution in [0.2, 0.25) is 0 Å². The van der Waals surface area contributed by atoms with Crippen LogP contribution in [0.15, 0.2) is 24.3 Å². The molecule has 1 aliphatic carbocycles. The summed E-state index contributed by atoms with van der Waals surface area (Å²) in [7, 11) is 0. The fourth-order valence-electron chi connectivity index (χ4n) is 5.17. The lowest BCUT2D eigenvalue weighted by molar-refractivity contribution is -0.144. The number of carbonyl (C=O) groups excluding carboxylic acids is 2.